The molecule has 1 saturated carbocycles. The summed E-state index contributed by atoms with van der Waals surface area (Å²) in [5.74, 6) is 0.936. The Morgan fingerprint density at radius 2 is 2.00 bits per heavy atom. The van der Waals surface area contributed by atoms with Gasteiger partial charge in [0, 0.05) is 19.0 Å². The molecule has 2 rings (SSSR count). The van der Waals surface area contributed by atoms with E-state index in [9.17, 15) is 0 Å². The molecule has 2 atom stereocenters. The first-order valence-corrected chi connectivity index (χ1v) is 7.14. The lowest BCUT2D eigenvalue weighted by Gasteiger charge is -2.45. The van der Waals surface area contributed by atoms with E-state index >= 15 is 0 Å². The molecular formula is C14H23NS. The molecule has 2 aliphatic rings. The summed E-state index contributed by atoms with van der Waals surface area (Å²) in [5, 5.41) is 0. The number of hydrogen-bond donors (Lipinski definition) is 0. The number of fused-ring (bicyclic) bond motifs is 1. The number of piperidine rings is 1. The zero-order chi connectivity index (χ0) is 11.4. The van der Waals surface area contributed by atoms with Crippen molar-refractivity contribution in [2.75, 3.05) is 6.54 Å². The van der Waals surface area contributed by atoms with Crippen molar-refractivity contribution in [1.29, 1.82) is 0 Å². The smallest absolute Gasteiger partial charge is 0.0820 e. The van der Waals surface area contributed by atoms with Gasteiger partial charge >= 0.3 is 0 Å². The molecule has 0 unspecified atom stereocenters. The fourth-order valence-corrected chi connectivity index (χ4v) is 3.59. The van der Waals surface area contributed by atoms with Gasteiger partial charge in [-0.15, -0.1) is 0 Å². The van der Waals surface area contributed by atoms with Crippen molar-refractivity contribution in [2.45, 2.75) is 57.9 Å². The zero-order valence-corrected chi connectivity index (χ0v) is 11.1. The van der Waals surface area contributed by atoms with Crippen LogP contribution in [-0.2, 0) is 0 Å². The Morgan fingerprint density at radius 1 is 1.25 bits per heavy atom. The molecular weight excluding hydrogens is 214 g/mol. The zero-order valence-electron chi connectivity index (χ0n) is 10.3. The van der Waals surface area contributed by atoms with Gasteiger partial charge in [0.25, 0.3) is 0 Å². The molecule has 1 aliphatic heterocycles. The van der Waals surface area contributed by atoms with Crippen LogP contribution >= 0.6 is 12.2 Å². The molecule has 0 aromatic carbocycles. The van der Waals surface area contributed by atoms with Crippen LogP contribution < -0.4 is 0 Å². The second-order valence-corrected chi connectivity index (χ2v) is 5.59. The first kappa shape index (κ1) is 12.1. The molecule has 0 amide bonds. The highest BCUT2D eigenvalue weighted by Crippen LogP contribution is 2.35. The van der Waals surface area contributed by atoms with Gasteiger partial charge in [0.1, 0.15) is 0 Å². The van der Waals surface area contributed by atoms with Crippen molar-refractivity contribution >= 4 is 17.2 Å². The Bertz CT molecular complexity index is 270. The van der Waals surface area contributed by atoms with E-state index in [4.69, 9.17) is 12.2 Å². The van der Waals surface area contributed by atoms with Crippen LogP contribution in [0.25, 0.3) is 0 Å². The lowest BCUT2D eigenvalue weighted by molar-refractivity contribution is 0.120. The lowest BCUT2D eigenvalue weighted by Crippen LogP contribution is -2.48. The molecule has 16 heavy (non-hydrogen) atoms. The molecule has 2 heteroatoms. The third-order valence-corrected chi connectivity index (χ3v) is 4.49. The van der Waals surface area contributed by atoms with Crippen molar-refractivity contribution in [3.8, 4) is 0 Å². The van der Waals surface area contributed by atoms with Crippen molar-refractivity contribution in [3.63, 3.8) is 0 Å². The average Bonchev–Trinajstić information content (AvgIpc) is 2.35. The Kier molecular flexibility index (Phi) is 4.39. The maximum atomic E-state index is 5.58. The summed E-state index contributed by atoms with van der Waals surface area (Å²) in [5.41, 5.74) is 0. The fourth-order valence-electron chi connectivity index (χ4n) is 3.27. The van der Waals surface area contributed by atoms with E-state index in [1.54, 1.807) is 0 Å². The van der Waals surface area contributed by atoms with Crippen LogP contribution in [0.1, 0.15) is 51.9 Å². The van der Waals surface area contributed by atoms with Gasteiger partial charge in [-0.25, -0.2) is 0 Å². The van der Waals surface area contributed by atoms with Crippen molar-refractivity contribution in [3.05, 3.63) is 12.2 Å². The van der Waals surface area contributed by atoms with Crippen LogP contribution in [0.15, 0.2) is 12.2 Å². The number of rotatable bonds is 2. The third kappa shape index (κ3) is 2.65. The minimum atomic E-state index is 0.778. The highest BCUT2D eigenvalue weighted by molar-refractivity contribution is 7.80. The molecule has 1 aliphatic carbocycles. The van der Waals surface area contributed by atoms with Crippen LogP contribution in [0, 0.1) is 5.92 Å². The van der Waals surface area contributed by atoms with E-state index in [0.29, 0.717) is 0 Å². The second-order valence-electron chi connectivity index (χ2n) is 5.11. The first-order valence-electron chi connectivity index (χ1n) is 6.73. The Hall–Kier alpha value is -0.370. The second kappa shape index (κ2) is 5.81. The fraction of sp³-hybridized carbons (Fsp3) is 0.786. The SMILES string of the molecule is CC=CCC(=S)N1CCC[C@@H]2CCCC[C@@H]21. The monoisotopic (exact) mass is 237 g/mol. The Labute approximate surface area is 105 Å². The van der Waals surface area contributed by atoms with E-state index < -0.39 is 0 Å². The highest BCUT2D eigenvalue weighted by atomic mass is 32.1. The van der Waals surface area contributed by atoms with Gasteiger partial charge in [-0.05, 0) is 38.5 Å². The maximum Gasteiger partial charge on any atom is 0.0820 e. The quantitative estimate of drug-likeness (QED) is 0.529. The number of likely N-dealkylation sites (tertiary alicyclic amines) is 1. The minimum absolute atomic E-state index is 0.778. The largest absolute Gasteiger partial charge is 0.363 e. The van der Waals surface area contributed by atoms with E-state index in [2.05, 4.69) is 24.0 Å². The van der Waals surface area contributed by atoms with Gasteiger partial charge in [0.15, 0.2) is 0 Å². The molecule has 2 fully saturated rings. The number of nitrogens with zero attached hydrogens (tertiary/aromatic N) is 1. The topological polar surface area (TPSA) is 3.24 Å². The summed E-state index contributed by atoms with van der Waals surface area (Å²) in [7, 11) is 0. The molecule has 1 nitrogen and oxygen atoms in total. The van der Waals surface area contributed by atoms with Gasteiger partial charge in [0.2, 0.25) is 0 Å². The van der Waals surface area contributed by atoms with Gasteiger partial charge in [0.05, 0.1) is 4.99 Å². The molecule has 0 radical (unpaired) electrons. The van der Waals surface area contributed by atoms with E-state index in [-0.39, 0.29) is 0 Å². The summed E-state index contributed by atoms with van der Waals surface area (Å²) in [4.78, 5) is 3.72. The van der Waals surface area contributed by atoms with Crippen LogP contribution in [0.3, 0.4) is 0 Å². The van der Waals surface area contributed by atoms with Gasteiger partial charge in [-0.2, -0.15) is 0 Å². The Balaban J connectivity index is 1.98. The summed E-state index contributed by atoms with van der Waals surface area (Å²) in [6.45, 7) is 3.28. The minimum Gasteiger partial charge on any atom is -0.363 e. The first-order chi connectivity index (χ1) is 7.83. The molecule has 90 valence electrons. The van der Waals surface area contributed by atoms with Gasteiger partial charge in [-0.1, -0.05) is 37.2 Å². The van der Waals surface area contributed by atoms with Crippen molar-refractivity contribution in [1.82, 2.24) is 4.90 Å². The summed E-state index contributed by atoms with van der Waals surface area (Å²) < 4.78 is 0. The van der Waals surface area contributed by atoms with Crippen molar-refractivity contribution < 1.29 is 0 Å². The number of allylic oxidation sites excluding steroid dienone is 1. The van der Waals surface area contributed by atoms with E-state index in [1.807, 2.05) is 0 Å². The standard InChI is InChI=1S/C14H23NS/c1-2-3-10-14(16)15-11-6-8-12-7-4-5-9-13(12)15/h2-3,12-13H,4-11H2,1H3/t12-,13-/m0/s1. The molecule has 1 saturated heterocycles. The Morgan fingerprint density at radius 3 is 2.81 bits per heavy atom. The molecule has 0 N–H and O–H groups in total. The normalized spacial score (nSPS) is 30.4. The number of thiocarbonyl (C=S) groups is 1. The maximum absolute atomic E-state index is 5.58. The molecule has 1 heterocycles. The van der Waals surface area contributed by atoms with Crippen LogP contribution in [0.5, 0.6) is 0 Å². The summed E-state index contributed by atoms with van der Waals surface area (Å²) in [6, 6.07) is 0.778. The van der Waals surface area contributed by atoms with Gasteiger partial charge < -0.3 is 4.90 Å². The van der Waals surface area contributed by atoms with Crippen LogP contribution in [0.4, 0.5) is 0 Å². The van der Waals surface area contributed by atoms with E-state index in [1.165, 1.54) is 50.1 Å². The van der Waals surface area contributed by atoms with Crippen LogP contribution in [-0.4, -0.2) is 22.5 Å². The predicted octanol–water partition coefficient (Wildman–Crippen LogP) is 3.93. The average molecular weight is 237 g/mol. The van der Waals surface area contributed by atoms with Crippen molar-refractivity contribution in [2.24, 2.45) is 5.92 Å². The molecule has 0 spiro atoms. The predicted molar refractivity (Wildman–Crippen MR) is 73.7 cm³/mol. The highest BCUT2D eigenvalue weighted by Gasteiger charge is 2.33. The summed E-state index contributed by atoms with van der Waals surface area (Å²) >= 11 is 5.58. The third-order valence-electron chi connectivity index (χ3n) is 4.09. The lowest BCUT2D eigenvalue weighted by atomic mass is 9.78. The number of hydrogen-bond acceptors (Lipinski definition) is 1. The molecule has 0 aromatic rings. The summed E-state index contributed by atoms with van der Waals surface area (Å²) in [6.07, 6.45) is 13.7. The molecule has 0 aromatic heterocycles. The molecule has 0 bridgehead atoms. The van der Waals surface area contributed by atoms with E-state index in [0.717, 1.165) is 18.4 Å². The van der Waals surface area contributed by atoms with Crippen LogP contribution in [0.2, 0.25) is 0 Å². The van der Waals surface area contributed by atoms with Gasteiger partial charge in [-0.3, -0.25) is 0 Å².